The minimum atomic E-state index is -3.34. The number of pyridine rings is 1. The highest BCUT2D eigenvalue weighted by molar-refractivity contribution is 7.94. The molecule has 5 heteroatoms. The lowest BCUT2D eigenvalue weighted by molar-refractivity contribution is 0.566. The molecule has 0 amide bonds. The number of hydrogen-bond donors (Lipinski definition) is 1. The molecule has 0 saturated carbocycles. The first-order valence-electron chi connectivity index (χ1n) is 4.25. The average molecular weight is 214 g/mol. The molecular formula is C9H14N2O2S. The second-order valence-corrected chi connectivity index (χ2v) is 6.40. The number of anilines is 1. The van der Waals surface area contributed by atoms with Crippen molar-refractivity contribution in [1.82, 2.24) is 4.98 Å². The summed E-state index contributed by atoms with van der Waals surface area (Å²) in [7, 11) is -3.34. The summed E-state index contributed by atoms with van der Waals surface area (Å²) >= 11 is 0. The molecule has 0 bridgehead atoms. The molecule has 1 heterocycles. The van der Waals surface area contributed by atoms with E-state index in [4.69, 9.17) is 0 Å². The van der Waals surface area contributed by atoms with Crippen molar-refractivity contribution in [1.29, 1.82) is 0 Å². The first-order chi connectivity index (χ1) is 6.33. The van der Waals surface area contributed by atoms with E-state index in [1.807, 2.05) is 0 Å². The van der Waals surface area contributed by atoms with Crippen molar-refractivity contribution in [2.75, 3.05) is 4.72 Å². The lowest BCUT2D eigenvalue weighted by atomic mass is 10.3. The highest BCUT2D eigenvalue weighted by atomic mass is 32.2. The SMILES string of the molecule is CC(C)(C)S(=O)(=O)Nc1cccnc1. The Kier molecular flexibility index (Phi) is 2.80. The number of nitrogens with one attached hydrogen (secondary N) is 1. The lowest BCUT2D eigenvalue weighted by Crippen LogP contribution is -2.33. The van der Waals surface area contributed by atoms with Gasteiger partial charge in [-0.3, -0.25) is 9.71 Å². The van der Waals surface area contributed by atoms with Crippen LogP contribution in [0.15, 0.2) is 24.5 Å². The van der Waals surface area contributed by atoms with E-state index in [2.05, 4.69) is 9.71 Å². The van der Waals surface area contributed by atoms with Crippen LogP contribution in [0, 0.1) is 0 Å². The van der Waals surface area contributed by atoms with Gasteiger partial charge < -0.3 is 0 Å². The van der Waals surface area contributed by atoms with Crippen LogP contribution in [0.5, 0.6) is 0 Å². The molecule has 0 spiro atoms. The molecule has 1 aromatic rings. The van der Waals surface area contributed by atoms with Gasteiger partial charge in [0.1, 0.15) is 0 Å². The van der Waals surface area contributed by atoms with Gasteiger partial charge in [-0.2, -0.15) is 0 Å². The number of sulfonamides is 1. The molecule has 14 heavy (non-hydrogen) atoms. The number of aromatic nitrogens is 1. The zero-order valence-corrected chi connectivity index (χ0v) is 9.30. The zero-order valence-electron chi connectivity index (χ0n) is 8.48. The van der Waals surface area contributed by atoms with Gasteiger partial charge in [0.2, 0.25) is 10.0 Å². The van der Waals surface area contributed by atoms with Gasteiger partial charge in [0.05, 0.1) is 16.6 Å². The van der Waals surface area contributed by atoms with Gasteiger partial charge in [0.15, 0.2) is 0 Å². The maximum Gasteiger partial charge on any atom is 0.237 e. The monoisotopic (exact) mass is 214 g/mol. The minimum Gasteiger partial charge on any atom is -0.282 e. The molecule has 0 radical (unpaired) electrons. The van der Waals surface area contributed by atoms with Crippen LogP contribution in [-0.2, 0) is 10.0 Å². The van der Waals surface area contributed by atoms with Crippen molar-refractivity contribution in [2.45, 2.75) is 25.5 Å². The molecule has 1 rings (SSSR count). The molecule has 1 aromatic heterocycles. The van der Waals surface area contributed by atoms with E-state index in [9.17, 15) is 8.42 Å². The summed E-state index contributed by atoms with van der Waals surface area (Å²) in [6.07, 6.45) is 3.07. The van der Waals surface area contributed by atoms with Crippen LogP contribution >= 0.6 is 0 Å². The first-order valence-corrected chi connectivity index (χ1v) is 5.74. The summed E-state index contributed by atoms with van der Waals surface area (Å²) in [4.78, 5) is 3.82. The molecule has 78 valence electrons. The summed E-state index contributed by atoms with van der Waals surface area (Å²) in [6.45, 7) is 4.93. The summed E-state index contributed by atoms with van der Waals surface area (Å²) in [5.74, 6) is 0. The number of hydrogen-bond acceptors (Lipinski definition) is 3. The third-order valence-corrected chi connectivity index (χ3v) is 3.84. The van der Waals surface area contributed by atoms with Crippen molar-refractivity contribution >= 4 is 15.7 Å². The van der Waals surface area contributed by atoms with Crippen molar-refractivity contribution in [3.63, 3.8) is 0 Å². The third kappa shape index (κ3) is 2.45. The molecule has 0 aliphatic rings. The quantitative estimate of drug-likeness (QED) is 0.813. The Morgan fingerprint density at radius 1 is 1.36 bits per heavy atom. The highest BCUT2D eigenvalue weighted by Gasteiger charge is 2.28. The molecule has 0 fully saturated rings. The zero-order chi connectivity index (χ0) is 10.8. The normalized spacial score (nSPS) is 12.5. The van der Waals surface area contributed by atoms with Crippen LogP contribution in [0.25, 0.3) is 0 Å². The van der Waals surface area contributed by atoms with Gasteiger partial charge in [-0.1, -0.05) is 0 Å². The van der Waals surface area contributed by atoms with E-state index in [0.717, 1.165) is 0 Å². The van der Waals surface area contributed by atoms with E-state index in [1.165, 1.54) is 6.20 Å². The van der Waals surface area contributed by atoms with E-state index < -0.39 is 14.8 Å². The molecule has 0 aliphatic carbocycles. The van der Waals surface area contributed by atoms with Crippen molar-refractivity contribution in [2.24, 2.45) is 0 Å². The first kappa shape index (κ1) is 11.0. The maximum absolute atomic E-state index is 11.7. The van der Waals surface area contributed by atoms with Gasteiger partial charge in [-0.25, -0.2) is 8.42 Å². The Balaban J connectivity index is 2.91. The number of rotatable bonds is 2. The Bertz CT molecular complexity index is 393. The van der Waals surface area contributed by atoms with Crippen LogP contribution in [-0.4, -0.2) is 18.1 Å². The van der Waals surface area contributed by atoms with E-state index in [-0.39, 0.29) is 0 Å². The summed E-state index contributed by atoms with van der Waals surface area (Å²) in [5, 5.41) is 0. The molecule has 0 saturated heterocycles. The van der Waals surface area contributed by atoms with Gasteiger partial charge in [0.25, 0.3) is 0 Å². The van der Waals surface area contributed by atoms with Crippen LogP contribution in [0.2, 0.25) is 0 Å². The lowest BCUT2D eigenvalue weighted by Gasteiger charge is -2.20. The largest absolute Gasteiger partial charge is 0.282 e. The summed E-state index contributed by atoms with van der Waals surface area (Å²) in [6, 6.07) is 3.34. The van der Waals surface area contributed by atoms with Crippen LogP contribution < -0.4 is 4.72 Å². The number of nitrogens with zero attached hydrogens (tertiary/aromatic N) is 1. The standard InChI is InChI=1S/C9H14N2O2S/c1-9(2,3)14(12,13)11-8-5-4-6-10-7-8/h4-7,11H,1-3H3. The molecule has 0 aliphatic heterocycles. The summed E-state index contributed by atoms with van der Waals surface area (Å²) < 4.78 is 25.0. The fourth-order valence-electron chi connectivity index (χ4n) is 0.731. The second-order valence-electron chi connectivity index (χ2n) is 3.96. The van der Waals surface area contributed by atoms with Gasteiger partial charge in [0, 0.05) is 6.20 Å². The second kappa shape index (κ2) is 3.57. The molecule has 1 N–H and O–H groups in total. The fraction of sp³-hybridized carbons (Fsp3) is 0.444. The third-order valence-electron chi connectivity index (χ3n) is 1.72. The van der Waals surface area contributed by atoms with Crippen LogP contribution in [0.3, 0.4) is 0 Å². The Morgan fingerprint density at radius 3 is 2.43 bits per heavy atom. The molecule has 0 atom stereocenters. The van der Waals surface area contributed by atoms with E-state index >= 15 is 0 Å². The Labute approximate surface area is 84.4 Å². The Morgan fingerprint density at radius 2 is 2.00 bits per heavy atom. The molecule has 0 aromatic carbocycles. The van der Waals surface area contributed by atoms with E-state index in [1.54, 1.807) is 39.1 Å². The van der Waals surface area contributed by atoms with Crippen LogP contribution in [0.4, 0.5) is 5.69 Å². The fourth-order valence-corrected chi connectivity index (χ4v) is 1.47. The van der Waals surface area contributed by atoms with Gasteiger partial charge in [-0.05, 0) is 32.9 Å². The van der Waals surface area contributed by atoms with Crippen LogP contribution in [0.1, 0.15) is 20.8 Å². The predicted octanol–water partition coefficient (Wildman–Crippen LogP) is 1.62. The minimum absolute atomic E-state index is 0.488. The van der Waals surface area contributed by atoms with Crippen molar-refractivity contribution < 1.29 is 8.42 Å². The molecule has 4 nitrogen and oxygen atoms in total. The average Bonchev–Trinajstić information content (AvgIpc) is 2.03. The Hall–Kier alpha value is -1.10. The van der Waals surface area contributed by atoms with Crippen molar-refractivity contribution in [3.05, 3.63) is 24.5 Å². The topological polar surface area (TPSA) is 59.1 Å². The van der Waals surface area contributed by atoms with E-state index in [0.29, 0.717) is 5.69 Å². The van der Waals surface area contributed by atoms with Crippen molar-refractivity contribution in [3.8, 4) is 0 Å². The molecule has 0 unspecified atom stereocenters. The highest BCUT2D eigenvalue weighted by Crippen LogP contribution is 2.18. The smallest absolute Gasteiger partial charge is 0.237 e. The van der Waals surface area contributed by atoms with Gasteiger partial charge in [-0.15, -0.1) is 0 Å². The molecular weight excluding hydrogens is 200 g/mol. The maximum atomic E-state index is 11.7. The van der Waals surface area contributed by atoms with Gasteiger partial charge >= 0.3 is 0 Å². The summed E-state index contributed by atoms with van der Waals surface area (Å²) in [5.41, 5.74) is 0.488. The predicted molar refractivity (Wildman–Crippen MR) is 56.5 cm³/mol.